The molecule has 0 aliphatic rings. The minimum Gasteiger partial charge on any atom is -0.386 e. The average Bonchev–Trinajstić information content (AvgIpc) is 2.33. The highest BCUT2D eigenvalue weighted by molar-refractivity contribution is 5.18. The first-order valence-corrected chi connectivity index (χ1v) is 6.39. The molecule has 3 nitrogen and oxygen atoms in total. The molecule has 1 aromatic rings. The zero-order chi connectivity index (χ0) is 13.6. The summed E-state index contributed by atoms with van der Waals surface area (Å²) < 4.78 is 11.1. The smallest absolute Gasteiger partial charge is 0.105 e. The van der Waals surface area contributed by atoms with Crippen LogP contribution >= 0.6 is 0 Å². The number of ether oxygens (including phenoxy) is 2. The van der Waals surface area contributed by atoms with Gasteiger partial charge in [0.2, 0.25) is 0 Å². The van der Waals surface area contributed by atoms with Crippen molar-refractivity contribution in [1.29, 1.82) is 0 Å². The van der Waals surface area contributed by atoms with Crippen LogP contribution in [0.1, 0.15) is 39.4 Å². The third kappa shape index (κ3) is 5.63. The average molecular weight is 252 g/mol. The molecule has 18 heavy (non-hydrogen) atoms. The highest BCUT2D eigenvalue weighted by Crippen LogP contribution is 2.18. The van der Waals surface area contributed by atoms with Crippen LogP contribution in [0.2, 0.25) is 0 Å². The molecule has 0 aromatic heterocycles. The van der Waals surface area contributed by atoms with Crippen molar-refractivity contribution in [3.05, 3.63) is 35.9 Å². The SMILES string of the molecule is CC(OCCOC(C)(C)C)C(O)c1ccccc1. The van der Waals surface area contributed by atoms with Crippen molar-refractivity contribution in [3.63, 3.8) is 0 Å². The molecular weight excluding hydrogens is 228 g/mol. The van der Waals surface area contributed by atoms with Gasteiger partial charge in [0.15, 0.2) is 0 Å². The molecule has 0 aliphatic heterocycles. The molecule has 0 bridgehead atoms. The Labute approximate surface area is 110 Å². The van der Waals surface area contributed by atoms with Gasteiger partial charge in [0, 0.05) is 0 Å². The summed E-state index contributed by atoms with van der Waals surface area (Å²) in [6, 6.07) is 9.55. The maximum absolute atomic E-state index is 10.1. The molecule has 0 amide bonds. The quantitative estimate of drug-likeness (QED) is 0.791. The highest BCUT2D eigenvalue weighted by atomic mass is 16.5. The number of benzene rings is 1. The molecule has 102 valence electrons. The van der Waals surface area contributed by atoms with Crippen molar-refractivity contribution >= 4 is 0 Å². The Kier molecular flexibility index (Phi) is 5.79. The molecule has 0 aliphatic carbocycles. The van der Waals surface area contributed by atoms with Crippen LogP contribution in [0.25, 0.3) is 0 Å². The zero-order valence-corrected chi connectivity index (χ0v) is 11.7. The Morgan fingerprint density at radius 2 is 1.72 bits per heavy atom. The number of hydrogen-bond acceptors (Lipinski definition) is 3. The Hall–Kier alpha value is -0.900. The molecule has 2 unspecified atom stereocenters. The second kappa shape index (κ2) is 6.88. The van der Waals surface area contributed by atoms with E-state index >= 15 is 0 Å². The van der Waals surface area contributed by atoms with Gasteiger partial charge in [-0.3, -0.25) is 0 Å². The zero-order valence-electron chi connectivity index (χ0n) is 11.7. The lowest BCUT2D eigenvalue weighted by atomic mass is 10.1. The minimum absolute atomic E-state index is 0.148. The van der Waals surface area contributed by atoms with Gasteiger partial charge in [-0.15, -0.1) is 0 Å². The van der Waals surface area contributed by atoms with E-state index in [1.807, 2.05) is 58.0 Å². The number of aliphatic hydroxyl groups is 1. The maximum Gasteiger partial charge on any atom is 0.105 e. The summed E-state index contributed by atoms with van der Waals surface area (Å²) in [7, 11) is 0. The largest absolute Gasteiger partial charge is 0.386 e. The van der Waals surface area contributed by atoms with Crippen molar-refractivity contribution in [2.24, 2.45) is 0 Å². The number of hydrogen-bond donors (Lipinski definition) is 1. The number of rotatable bonds is 6. The molecule has 0 radical (unpaired) electrons. The van der Waals surface area contributed by atoms with Gasteiger partial charge in [0.25, 0.3) is 0 Å². The van der Waals surface area contributed by atoms with Gasteiger partial charge >= 0.3 is 0 Å². The second-order valence-electron chi connectivity index (χ2n) is 5.39. The normalized spacial score (nSPS) is 15.4. The summed E-state index contributed by atoms with van der Waals surface area (Å²) in [5.41, 5.74) is 0.728. The Morgan fingerprint density at radius 3 is 2.28 bits per heavy atom. The molecule has 2 atom stereocenters. The first-order chi connectivity index (χ1) is 8.40. The summed E-state index contributed by atoms with van der Waals surface area (Å²) in [5.74, 6) is 0. The fourth-order valence-corrected chi connectivity index (χ4v) is 1.59. The van der Waals surface area contributed by atoms with E-state index in [0.717, 1.165) is 5.56 Å². The van der Waals surface area contributed by atoms with Crippen molar-refractivity contribution in [2.75, 3.05) is 13.2 Å². The van der Waals surface area contributed by atoms with Gasteiger partial charge in [0.05, 0.1) is 24.9 Å². The molecule has 1 rings (SSSR count). The van der Waals surface area contributed by atoms with Crippen molar-refractivity contribution in [2.45, 2.75) is 45.5 Å². The van der Waals surface area contributed by atoms with E-state index in [4.69, 9.17) is 9.47 Å². The highest BCUT2D eigenvalue weighted by Gasteiger charge is 2.17. The van der Waals surface area contributed by atoms with Crippen LogP contribution < -0.4 is 0 Å². The predicted octanol–water partition coefficient (Wildman–Crippen LogP) is 2.94. The van der Waals surface area contributed by atoms with Gasteiger partial charge in [-0.2, -0.15) is 0 Å². The van der Waals surface area contributed by atoms with Gasteiger partial charge in [-0.1, -0.05) is 30.3 Å². The fourth-order valence-electron chi connectivity index (χ4n) is 1.59. The van der Waals surface area contributed by atoms with Crippen LogP contribution in [0.15, 0.2) is 30.3 Å². The predicted molar refractivity (Wildman–Crippen MR) is 72.5 cm³/mol. The van der Waals surface area contributed by atoms with Crippen LogP contribution in [0, 0.1) is 0 Å². The summed E-state index contributed by atoms with van der Waals surface area (Å²) in [5, 5.41) is 10.1. The molecular formula is C15H24O3. The van der Waals surface area contributed by atoms with Crippen LogP contribution in [0.5, 0.6) is 0 Å². The van der Waals surface area contributed by atoms with Gasteiger partial charge < -0.3 is 14.6 Å². The molecule has 0 heterocycles. The monoisotopic (exact) mass is 252 g/mol. The molecule has 1 N–H and O–H groups in total. The van der Waals surface area contributed by atoms with Crippen molar-refractivity contribution in [3.8, 4) is 0 Å². The third-order valence-electron chi connectivity index (χ3n) is 2.58. The second-order valence-corrected chi connectivity index (χ2v) is 5.39. The fraction of sp³-hybridized carbons (Fsp3) is 0.600. The van der Waals surface area contributed by atoms with E-state index in [1.54, 1.807) is 0 Å². The third-order valence-corrected chi connectivity index (χ3v) is 2.58. The molecule has 1 aromatic carbocycles. The molecule has 0 fully saturated rings. The summed E-state index contributed by atoms with van der Waals surface area (Å²) in [6.07, 6.45) is -0.836. The van der Waals surface area contributed by atoms with E-state index in [2.05, 4.69) is 0 Å². The Bertz CT molecular complexity index is 329. The van der Waals surface area contributed by atoms with Gasteiger partial charge in [-0.25, -0.2) is 0 Å². The Morgan fingerprint density at radius 1 is 1.11 bits per heavy atom. The molecule has 0 saturated heterocycles. The van der Waals surface area contributed by atoms with Crippen LogP contribution in [0.4, 0.5) is 0 Å². The molecule has 0 saturated carbocycles. The summed E-state index contributed by atoms with van der Waals surface area (Å²) in [4.78, 5) is 0. The first kappa shape index (κ1) is 15.2. The maximum atomic E-state index is 10.1. The Balaban J connectivity index is 2.31. The number of aliphatic hydroxyl groups excluding tert-OH is 1. The molecule has 0 spiro atoms. The lowest BCUT2D eigenvalue weighted by Crippen LogP contribution is -2.25. The van der Waals surface area contributed by atoms with E-state index in [0.29, 0.717) is 13.2 Å². The minimum atomic E-state index is -0.596. The van der Waals surface area contributed by atoms with Gasteiger partial charge in [0.1, 0.15) is 6.10 Å². The summed E-state index contributed by atoms with van der Waals surface area (Å²) in [6.45, 7) is 8.92. The van der Waals surface area contributed by atoms with E-state index in [1.165, 1.54) is 0 Å². The van der Waals surface area contributed by atoms with Crippen LogP contribution in [-0.4, -0.2) is 30.0 Å². The summed E-state index contributed by atoms with van der Waals surface area (Å²) >= 11 is 0. The van der Waals surface area contributed by atoms with Gasteiger partial charge in [-0.05, 0) is 33.3 Å². The lowest BCUT2D eigenvalue weighted by Gasteiger charge is -2.22. The van der Waals surface area contributed by atoms with E-state index in [-0.39, 0.29) is 11.7 Å². The van der Waals surface area contributed by atoms with Crippen molar-refractivity contribution in [1.82, 2.24) is 0 Å². The lowest BCUT2D eigenvalue weighted by molar-refractivity contribution is -0.0756. The first-order valence-electron chi connectivity index (χ1n) is 6.39. The van der Waals surface area contributed by atoms with Crippen LogP contribution in [-0.2, 0) is 9.47 Å². The standard InChI is InChI=1S/C15H24O3/c1-12(17-10-11-18-15(2,3)4)14(16)13-8-6-5-7-9-13/h5-9,12,14,16H,10-11H2,1-4H3. The molecule has 3 heteroatoms. The van der Waals surface area contributed by atoms with Crippen LogP contribution in [0.3, 0.4) is 0 Å². The van der Waals surface area contributed by atoms with E-state index in [9.17, 15) is 5.11 Å². The van der Waals surface area contributed by atoms with E-state index < -0.39 is 6.10 Å². The topological polar surface area (TPSA) is 38.7 Å². The van der Waals surface area contributed by atoms with Crippen molar-refractivity contribution < 1.29 is 14.6 Å².